The first-order valence-electron chi connectivity index (χ1n) is 6.21. The van der Waals surface area contributed by atoms with Gasteiger partial charge >= 0.3 is 0 Å². The number of nitrogens with one attached hydrogen (secondary N) is 1. The second-order valence-electron chi connectivity index (χ2n) is 4.52. The van der Waals surface area contributed by atoms with E-state index in [0.29, 0.717) is 6.42 Å². The van der Waals surface area contributed by atoms with Gasteiger partial charge in [0, 0.05) is 25.6 Å². The summed E-state index contributed by atoms with van der Waals surface area (Å²) < 4.78 is 0. The van der Waals surface area contributed by atoms with Crippen LogP contribution in [0.2, 0.25) is 0 Å². The molecule has 3 heteroatoms. The van der Waals surface area contributed by atoms with E-state index in [-0.39, 0.29) is 5.91 Å². The number of hydrogen-bond donors (Lipinski definition) is 1. The smallest absolute Gasteiger partial charge is 0.220 e. The summed E-state index contributed by atoms with van der Waals surface area (Å²) in [5.41, 5.74) is 0. The molecule has 0 aromatic carbocycles. The molecule has 0 saturated heterocycles. The molecule has 3 nitrogen and oxygen atoms in total. The second-order valence-corrected chi connectivity index (χ2v) is 4.52. The topological polar surface area (TPSA) is 32.3 Å². The van der Waals surface area contributed by atoms with Crippen LogP contribution in [0.4, 0.5) is 0 Å². The third kappa shape index (κ3) is 4.65. The molecule has 88 valence electrons. The van der Waals surface area contributed by atoms with Gasteiger partial charge < -0.3 is 10.2 Å². The maximum atomic E-state index is 11.2. The molecule has 0 radical (unpaired) electrons. The standard InChI is InChI=1S/C12H24N2O/c1-3-6-12(15)13-9-10-14(2)11-7-4-5-8-11/h11H,3-10H2,1-2H3,(H,13,15). The number of rotatable bonds is 6. The Bertz CT molecular complexity index is 188. The number of likely N-dealkylation sites (N-methyl/N-ethyl adjacent to an activating group) is 1. The molecule has 1 rings (SSSR count). The van der Waals surface area contributed by atoms with Crippen molar-refractivity contribution >= 4 is 5.91 Å². The van der Waals surface area contributed by atoms with Crippen molar-refractivity contribution in [3.63, 3.8) is 0 Å². The van der Waals surface area contributed by atoms with Crippen molar-refractivity contribution < 1.29 is 4.79 Å². The molecule has 0 aliphatic heterocycles. The Morgan fingerprint density at radius 1 is 1.40 bits per heavy atom. The van der Waals surface area contributed by atoms with Crippen molar-refractivity contribution in [2.45, 2.75) is 51.5 Å². The van der Waals surface area contributed by atoms with Crippen LogP contribution in [0, 0.1) is 0 Å². The van der Waals surface area contributed by atoms with E-state index in [1.807, 2.05) is 6.92 Å². The quantitative estimate of drug-likeness (QED) is 0.728. The molecule has 1 N–H and O–H groups in total. The van der Waals surface area contributed by atoms with Crippen molar-refractivity contribution in [3.05, 3.63) is 0 Å². The van der Waals surface area contributed by atoms with Crippen LogP contribution in [0.1, 0.15) is 45.4 Å². The number of carbonyl (C=O) groups excluding carboxylic acids is 1. The Morgan fingerprint density at radius 3 is 2.67 bits per heavy atom. The van der Waals surface area contributed by atoms with Crippen LogP contribution in [-0.4, -0.2) is 37.0 Å². The van der Waals surface area contributed by atoms with Gasteiger partial charge in [0.2, 0.25) is 5.91 Å². The monoisotopic (exact) mass is 212 g/mol. The summed E-state index contributed by atoms with van der Waals surface area (Å²) in [6.45, 7) is 3.82. The molecule has 0 atom stereocenters. The fraction of sp³-hybridized carbons (Fsp3) is 0.917. The van der Waals surface area contributed by atoms with Crippen LogP contribution in [0.3, 0.4) is 0 Å². The van der Waals surface area contributed by atoms with Crippen LogP contribution in [0.25, 0.3) is 0 Å². The maximum Gasteiger partial charge on any atom is 0.220 e. The number of nitrogens with zero attached hydrogens (tertiary/aromatic N) is 1. The third-order valence-corrected chi connectivity index (χ3v) is 3.21. The van der Waals surface area contributed by atoms with Gasteiger partial charge in [-0.25, -0.2) is 0 Å². The van der Waals surface area contributed by atoms with E-state index in [9.17, 15) is 4.79 Å². The van der Waals surface area contributed by atoms with Crippen LogP contribution in [0.15, 0.2) is 0 Å². The molecule has 1 amide bonds. The zero-order chi connectivity index (χ0) is 11.1. The molecule has 15 heavy (non-hydrogen) atoms. The summed E-state index contributed by atoms with van der Waals surface area (Å²) in [6, 6.07) is 0.757. The number of hydrogen-bond acceptors (Lipinski definition) is 2. The van der Waals surface area contributed by atoms with Crippen LogP contribution in [-0.2, 0) is 4.79 Å². The minimum Gasteiger partial charge on any atom is -0.355 e. The summed E-state index contributed by atoms with van der Waals surface area (Å²) in [4.78, 5) is 13.6. The zero-order valence-corrected chi connectivity index (χ0v) is 10.1. The molecule has 1 aliphatic carbocycles. The lowest BCUT2D eigenvalue weighted by Crippen LogP contribution is -2.37. The summed E-state index contributed by atoms with van der Waals surface area (Å²) in [5, 5.41) is 2.96. The Balaban J connectivity index is 2.05. The van der Waals surface area contributed by atoms with Gasteiger partial charge in [-0.1, -0.05) is 19.8 Å². The van der Waals surface area contributed by atoms with E-state index >= 15 is 0 Å². The lowest BCUT2D eigenvalue weighted by Gasteiger charge is -2.23. The molecule has 0 bridgehead atoms. The highest BCUT2D eigenvalue weighted by Crippen LogP contribution is 2.21. The Hall–Kier alpha value is -0.570. The maximum absolute atomic E-state index is 11.2. The highest BCUT2D eigenvalue weighted by Gasteiger charge is 2.18. The SMILES string of the molecule is CCCC(=O)NCCN(C)C1CCCC1. The summed E-state index contributed by atoms with van der Waals surface area (Å²) in [6.07, 6.45) is 7.00. The summed E-state index contributed by atoms with van der Waals surface area (Å²) >= 11 is 0. The van der Waals surface area contributed by atoms with Crippen LogP contribution in [0.5, 0.6) is 0 Å². The largest absolute Gasteiger partial charge is 0.355 e. The molecule has 1 fully saturated rings. The molecule has 0 aromatic heterocycles. The average Bonchev–Trinajstić information content (AvgIpc) is 2.70. The second kappa shape index (κ2) is 6.83. The van der Waals surface area contributed by atoms with E-state index in [1.54, 1.807) is 0 Å². The lowest BCUT2D eigenvalue weighted by molar-refractivity contribution is -0.121. The molecule has 0 aromatic rings. The lowest BCUT2D eigenvalue weighted by atomic mass is 10.2. The number of carbonyl (C=O) groups is 1. The first kappa shape index (κ1) is 12.5. The molecule has 0 spiro atoms. The first-order chi connectivity index (χ1) is 7.24. The minimum absolute atomic E-state index is 0.192. The van der Waals surface area contributed by atoms with Crippen molar-refractivity contribution in [1.82, 2.24) is 10.2 Å². The highest BCUT2D eigenvalue weighted by atomic mass is 16.1. The molecule has 0 heterocycles. The fourth-order valence-corrected chi connectivity index (χ4v) is 2.21. The van der Waals surface area contributed by atoms with Crippen molar-refractivity contribution in [2.75, 3.05) is 20.1 Å². The summed E-state index contributed by atoms with van der Waals surface area (Å²) in [7, 11) is 2.17. The van der Waals surface area contributed by atoms with Crippen LogP contribution >= 0.6 is 0 Å². The van der Waals surface area contributed by atoms with Gasteiger partial charge in [0.25, 0.3) is 0 Å². The normalized spacial score (nSPS) is 17.3. The zero-order valence-electron chi connectivity index (χ0n) is 10.1. The van der Waals surface area contributed by atoms with Crippen molar-refractivity contribution in [1.29, 1.82) is 0 Å². The first-order valence-corrected chi connectivity index (χ1v) is 6.21. The van der Waals surface area contributed by atoms with E-state index in [1.165, 1.54) is 25.7 Å². The minimum atomic E-state index is 0.192. The van der Waals surface area contributed by atoms with Gasteiger partial charge in [0.1, 0.15) is 0 Å². The third-order valence-electron chi connectivity index (χ3n) is 3.21. The Kier molecular flexibility index (Phi) is 5.69. The molecule has 0 unspecified atom stereocenters. The number of amides is 1. The fourth-order valence-electron chi connectivity index (χ4n) is 2.21. The molecular formula is C12H24N2O. The average molecular weight is 212 g/mol. The molecule has 1 saturated carbocycles. The van der Waals surface area contributed by atoms with Gasteiger partial charge in [0.15, 0.2) is 0 Å². The van der Waals surface area contributed by atoms with E-state index < -0.39 is 0 Å². The van der Waals surface area contributed by atoms with Gasteiger partial charge in [-0.05, 0) is 26.3 Å². The van der Waals surface area contributed by atoms with Gasteiger partial charge in [-0.15, -0.1) is 0 Å². The van der Waals surface area contributed by atoms with Gasteiger partial charge in [0.05, 0.1) is 0 Å². The molecule has 1 aliphatic rings. The van der Waals surface area contributed by atoms with E-state index in [2.05, 4.69) is 17.3 Å². The van der Waals surface area contributed by atoms with Crippen molar-refractivity contribution in [2.24, 2.45) is 0 Å². The Labute approximate surface area is 93.2 Å². The summed E-state index contributed by atoms with van der Waals surface area (Å²) in [5.74, 6) is 0.192. The van der Waals surface area contributed by atoms with E-state index in [4.69, 9.17) is 0 Å². The van der Waals surface area contributed by atoms with Crippen LogP contribution < -0.4 is 5.32 Å². The van der Waals surface area contributed by atoms with E-state index in [0.717, 1.165) is 25.6 Å². The highest BCUT2D eigenvalue weighted by molar-refractivity contribution is 5.75. The molecular weight excluding hydrogens is 188 g/mol. The predicted octanol–water partition coefficient (Wildman–Crippen LogP) is 1.78. The van der Waals surface area contributed by atoms with Gasteiger partial charge in [-0.2, -0.15) is 0 Å². The van der Waals surface area contributed by atoms with Gasteiger partial charge in [-0.3, -0.25) is 4.79 Å². The Morgan fingerprint density at radius 2 is 2.07 bits per heavy atom. The predicted molar refractivity (Wildman–Crippen MR) is 62.8 cm³/mol. The van der Waals surface area contributed by atoms with Crippen molar-refractivity contribution in [3.8, 4) is 0 Å².